The molecule has 0 aliphatic carbocycles. The average molecular weight is 250 g/mol. The monoisotopic (exact) mass is 250 g/mol. The van der Waals surface area contributed by atoms with Gasteiger partial charge in [0, 0.05) is 7.05 Å². The number of hydrogen-bond donors (Lipinski definition) is 2. The fraction of sp³-hybridized carbons (Fsp3) is 0.333. The smallest absolute Gasteiger partial charge is 0.419 e. The van der Waals surface area contributed by atoms with Crippen molar-refractivity contribution in [2.24, 2.45) is 12.8 Å². The Morgan fingerprint density at radius 1 is 1.56 bits per heavy atom. The van der Waals surface area contributed by atoms with E-state index in [0.29, 0.717) is 23.1 Å². The van der Waals surface area contributed by atoms with Crippen molar-refractivity contribution in [3.05, 3.63) is 34.3 Å². The van der Waals surface area contributed by atoms with Gasteiger partial charge in [-0.15, -0.1) is 0 Å². The van der Waals surface area contributed by atoms with E-state index in [0.717, 1.165) is 0 Å². The van der Waals surface area contributed by atoms with E-state index < -0.39 is 17.6 Å². The van der Waals surface area contributed by atoms with E-state index in [1.807, 2.05) is 0 Å². The molecule has 0 saturated carbocycles. The summed E-state index contributed by atoms with van der Waals surface area (Å²) < 4.78 is 6.40. The molecule has 1 atom stereocenters. The Kier molecular flexibility index (Phi) is 3.20. The zero-order chi connectivity index (χ0) is 13.3. The van der Waals surface area contributed by atoms with Gasteiger partial charge in [-0.2, -0.15) is 0 Å². The minimum atomic E-state index is -0.932. The van der Waals surface area contributed by atoms with Gasteiger partial charge in [0.05, 0.1) is 11.4 Å². The third-order valence-electron chi connectivity index (χ3n) is 2.97. The van der Waals surface area contributed by atoms with Crippen molar-refractivity contribution in [1.29, 1.82) is 0 Å². The molecule has 0 amide bonds. The lowest BCUT2D eigenvalue weighted by atomic mass is 9.96. The van der Waals surface area contributed by atoms with Crippen LogP contribution in [0.15, 0.2) is 27.4 Å². The minimum absolute atomic E-state index is 0.285. The molecule has 0 fully saturated rings. The summed E-state index contributed by atoms with van der Waals surface area (Å²) in [5.74, 6) is -2.07. The molecule has 1 unspecified atom stereocenters. The van der Waals surface area contributed by atoms with Crippen molar-refractivity contribution in [2.75, 3.05) is 6.54 Å². The number of rotatable bonds is 4. The van der Waals surface area contributed by atoms with Gasteiger partial charge in [0.15, 0.2) is 5.58 Å². The zero-order valence-electron chi connectivity index (χ0n) is 9.92. The van der Waals surface area contributed by atoms with Gasteiger partial charge in [-0.1, -0.05) is 6.07 Å². The van der Waals surface area contributed by atoms with Gasteiger partial charge < -0.3 is 15.3 Å². The highest BCUT2D eigenvalue weighted by molar-refractivity contribution is 5.80. The molecule has 0 bridgehead atoms. The van der Waals surface area contributed by atoms with Crippen LogP contribution in [0.2, 0.25) is 0 Å². The highest BCUT2D eigenvalue weighted by Gasteiger charge is 2.20. The van der Waals surface area contributed by atoms with E-state index in [4.69, 9.17) is 15.3 Å². The lowest BCUT2D eigenvalue weighted by molar-refractivity contribution is -0.138. The topological polar surface area (TPSA) is 98.5 Å². The van der Waals surface area contributed by atoms with E-state index >= 15 is 0 Å². The van der Waals surface area contributed by atoms with Crippen molar-refractivity contribution < 1.29 is 14.3 Å². The van der Waals surface area contributed by atoms with Crippen LogP contribution in [0, 0.1) is 0 Å². The van der Waals surface area contributed by atoms with E-state index in [-0.39, 0.29) is 6.54 Å². The molecule has 96 valence electrons. The molecule has 1 heterocycles. The molecule has 1 aromatic carbocycles. The van der Waals surface area contributed by atoms with Crippen LogP contribution in [0.25, 0.3) is 11.1 Å². The number of nitrogens with zero attached hydrogens (tertiary/aromatic N) is 1. The molecule has 18 heavy (non-hydrogen) atoms. The van der Waals surface area contributed by atoms with E-state index in [2.05, 4.69) is 0 Å². The number of nitrogens with two attached hydrogens (primary N) is 1. The van der Waals surface area contributed by atoms with Crippen LogP contribution in [0.3, 0.4) is 0 Å². The molecule has 0 radical (unpaired) electrons. The Hall–Kier alpha value is -2.08. The van der Waals surface area contributed by atoms with Crippen LogP contribution in [0.5, 0.6) is 0 Å². The van der Waals surface area contributed by atoms with Crippen molar-refractivity contribution >= 4 is 17.1 Å². The second-order valence-electron chi connectivity index (χ2n) is 4.12. The molecule has 6 heteroatoms. The lowest BCUT2D eigenvalue weighted by Gasteiger charge is -2.11. The number of carboxylic acid groups (broad SMARTS) is 1. The molecule has 2 rings (SSSR count). The molecule has 1 aromatic heterocycles. The quantitative estimate of drug-likeness (QED) is 0.830. The number of aryl methyl sites for hydroxylation is 1. The van der Waals surface area contributed by atoms with Gasteiger partial charge in [0.1, 0.15) is 0 Å². The summed E-state index contributed by atoms with van der Waals surface area (Å²) in [6, 6.07) is 4.96. The van der Waals surface area contributed by atoms with Crippen LogP contribution >= 0.6 is 0 Å². The summed E-state index contributed by atoms with van der Waals surface area (Å²) in [6.45, 7) is 0.285. The highest BCUT2D eigenvalue weighted by atomic mass is 16.4. The average Bonchev–Trinajstić information content (AvgIpc) is 2.61. The first-order valence-corrected chi connectivity index (χ1v) is 5.57. The second kappa shape index (κ2) is 4.66. The van der Waals surface area contributed by atoms with E-state index in [9.17, 15) is 9.59 Å². The van der Waals surface area contributed by atoms with Crippen molar-refractivity contribution in [1.82, 2.24) is 4.57 Å². The number of benzene rings is 1. The minimum Gasteiger partial charge on any atom is -0.481 e. The predicted octanol–water partition coefficient (Wildman–Crippen LogP) is 0.648. The maximum Gasteiger partial charge on any atom is 0.419 e. The number of carboxylic acids is 1. The molecular weight excluding hydrogens is 236 g/mol. The third-order valence-corrected chi connectivity index (χ3v) is 2.97. The molecule has 0 spiro atoms. The first kappa shape index (κ1) is 12.4. The lowest BCUT2D eigenvalue weighted by Crippen LogP contribution is -2.16. The van der Waals surface area contributed by atoms with E-state index in [1.54, 1.807) is 25.2 Å². The molecule has 6 nitrogen and oxygen atoms in total. The first-order chi connectivity index (χ1) is 8.54. The summed E-state index contributed by atoms with van der Waals surface area (Å²) in [6.07, 6.45) is 0.345. The van der Waals surface area contributed by atoms with Gasteiger partial charge in [0.2, 0.25) is 0 Å². The fourth-order valence-corrected chi connectivity index (χ4v) is 1.97. The first-order valence-electron chi connectivity index (χ1n) is 5.57. The molecular formula is C12H14N2O4. The largest absolute Gasteiger partial charge is 0.481 e. The Bertz CT molecular complexity index is 641. The van der Waals surface area contributed by atoms with Gasteiger partial charge in [0.25, 0.3) is 0 Å². The summed E-state index contributed by atoms with van der Waals surface area (Å²) >= 11 is 0. The van der Waals surface area contributed by atoms with Gasteiger partial charge in [-0.05, 0) is 30.7 Å². The maximum atomic E-state index is 11.3. The van der Waals surface area contributed by atoms with Gasteiger partial charge in [-0.3, -0.25) is 9.36 Å². The summed E-state index contributed by atoms with van der Waals surface area (Å²) in [5, 5.41) is 9.14. The normalized spacial score (nSPS) is 12.8. The van der Waals surface area contributed by atoms with Crippen LogP contribution in [0.4, 0.5) is 0 Å². The Morgan fingerprint density at radius 2 is 2.28 bits per heavy atom. The Labute approximate surface area is 103 Å². The van der Waals surface area contributed by atoms with Crippen molar-refractivity contribution in [2.45, 2.75) is 12.3 Å². The number of hydrogen-bond acceptors (Lipinski definition) is 4. The number of carbonyl (C=O) groups is 1. The summed E-state index contributed by atoms with van der Waals surface area (Å²) in [7, 11) is 1.60. The second-order valence-corrected chi connectivity index (χ2v) is 4.12. The fourth-order valence-electron chi connectivity index (χ4n) is 1.97. The molecule has 0 aliphatic rings. The van der Waals surface area contributed by atoms with Gasteiger partial charge >= 0.3 is 11.7 Å². The van der Waals surface area contributed by atoms with Crippen molar-refractivity contribution in [3.8, 4) is 0 Å². The highest BCUT2D eigenvalue weighted by Crippen LogP contribution is 2.23. The zero-order valence-corrected chi connectivity index (χ0v) is 9.92. The molecule has 0 aliphatic heterocycles. The number of aliphatic carboxylic acids is 1. The van der Waals surface area contributed by atoms with Crippen LogP contribution in [-0.4, -0.2) is 22.2 Å². The Morgan fingerprint density at radius 3 is 2.89 bits per heavy atom. The SMILES string of the molecule is Cn1c(=O)oc2cc(C(CCN)C(=O)O)ccc21. The molecule has 2 aromatic rings. The van der Waals surface area contributed by atoms with Crippen LogP contribution in [0.1, 0.15) is 17.9 Å². The predicted molar refractivity (Wildman–Crippen MR) is 65.5 cm³/mol. The summed E-state index contributed by atoms with van der Waals surface area (Å²) in [4.78, 5) is 22.5. The standard InChI is InChI=1S/C12H14N2O4/c1-14-9-3-2-7(6-10(9)18-12(14)17)8(4-5-13)11(15)16/h2-3,6,8H,4-5,13H2,1H3,(H,15,16). The van der Waals surface area contributed by atoms with Gasteiger partial charge in [-0.25, -0.2) is 4.79 Å². The Balaban J connectivity index is 2.52. The van der Waals surface area contributed by atoms with Crippen molar-refractivity contribution in [3.63, 3.8) is 0 Å². The van der Waals surface area contributed by atoms with E-state index in [1.165, 1.54) is 4.57 Å². The number of aromatic nitrogens is 1. The van der Waals surface area contributed by atoms with Crippen LogP contribution in [-0.2, 0) is 11.8 Å². The molecule has 0 saturated heterocycles. The van der Waals surface area contributed by atoms with Crippen LogP contribution < -0.4 is 11.5 Å². The summed E-state index contributed by atoms with van der Waals surface area (Å²) in [5.41, 5.74) is 7.03. The maximum absolute atomic E-state index is 11.3. The third kappa shape index (κ3) is 2.02. The number of fused-ring (bicyclic) bond motifs is 1. The molecule has 3 N–H and O–H groups in total. The number of oxazole rings is 1.